The maximum atomic E-state index is 6.04. The first-order chi connectivity index (χ1) is 5.79. The largest absolute Gasteiger partial charge is 0.122 e. The third-order valence-corrected chi connectivity index (χ3v) is 2.50. The van der Waals surface area contributed by atoms with Crippen molar-refractivity contribution in [2.75, 3.05) is 0 Å². The summed E-state index contributed by atoms with van der Waals surface area (Å²) in [5, 5.41) is 0.154. The van der Waals surface area contributed by atoms with E-state index in [1.54, 1.807) is 0 Å². The van der Waals surface area contributed by atoms with E-state index in [1.165, 1.54) is 11.1 Å². The van der Waals surface area contributed by atoms with Crippen molar-refractivity contribution in [3.8, 4) is 0 Å². The molecule has 61 valence electrons. The van der Waals surface area contributed by atoms with Gasteiger partial charge in [0, 0.05) is 11.3 Å². The third kappa shape index (κ3) is 1.16. The molecule has 2 unspecified atom stereocenters. The number of benzene rings is 1. The molecule has 12 heavy (non-hydrogen) atoms. The zero-order valence-electron chi connectivity index (χ0n) is 6.92. The molecular weight excluding hydrogens is 168 g/mol. The first-order valence-electron chi connectivity index (χ1n) is 4.12. The Balaban J connectivity index is 2.42. The molecule has 1 aliphatic carbocycles. The smallest absolute Gasteiger partial charge is 0.0411 e. The van der Waals surface area contributed by atoms with Crippen molar-refractivity contribution in [2.45, 2.75) is 18.2 Å². The molecule has 0 bridgehead atoms. The van der Waals surface area contributed by atoms with Gasteiger partial charge >= 0.3 is 0 Å². The summed E-state index contributed by atoms with van der Waals surface area (Å²) in [5.74, 6) is 0.350. The van der Waals surface area contributed by atoms with Gasteiger partial charge in [-0.25, -0.2) is 0 Å². The normalized spacial score (nSPS) is 22.3. The molecule has 0 aliphatic heterocycles. The molecule has 2 rings (SSSR count). The zero-order chi connectivity index (χ0) is 8.55. The Morgan fingerprint density at radius 1 is 1.58 bits per heavy atom. The number of rotatable bonds is 1. The van der Waals surface area contributed by atoms with Gasteiger partial charge in [0.25, 0.3) is 0 Å². The lowest BCUT2D eigenvalue weighted by atomic mass is 9.98. The summed E-state index contributed by atoms with van der Waals surface area (Å²) in [6, 6.07) is 9.28. The van der Waals surface area contributed by atoms with Crippen molar-refractivity contribution in [3.63, 3.8) is 0 Å². The zero-order valence-corrected chi connectivity index (χ0v) is 7.68. The molecule has 1 heteroatoms. The Morgan fingerprint density at radius 2 is 2.42 bits per heavy atom. The molecule has 2 atom stereocenters. The van der Waals surface area contributed by atoms with E-state index < -0.39 is 0 Å². The van der Waals surface area contributed by atoms with Crippen molar-refractivity contribution in [1.29, 1.82) is 0 Å². The van der Waals surface area contributed by atoms with E-state index in [0.717, 1.165) is 0 Å². The van der Waals surface area contributed by atoms with E-state index in [1.807, 2.05) is 19.1 Å². The molecule has 1 aromatic carbocycles. The molecule has 0 fully saturated rings. The van der Waals surface area contributed by atoms with Crippen LogP contribution in [0.2, 0.25) is 0 Å². The highest BCUT2D eigenvalue weighted by Gasteiger charge is 2.20. The molecule has 0 N–H and O–H groups in total. The minimum atomic E-state index is 0.154. The molecule has 0 saturated heterocycles. The van der Waals surface area contributed by atoms with E-state index in [0.29, 0.717) is 5.92 Å². The monoisotopic (exact) mass is 177 g/mol. The van der Waals surface area contributed by atoms with Crippen LogP contribution in [0.3, 0.4) is 0 Å². The molecule has 0 amide bonds. The summed E-state index contributed by atoms with van der Waals surface area (Å²) in [7, 11) is 0. The Bertz CT molecular complexity index is 313. The van der Waals surface area contributed by atoms with Gasteiger partial charge in [-0.3, -0.25) is 0 Å². The van der Waals surface area contributed by atoms with E-state index >= 15 is 0 Å². The van der Waals surface area contributed by atoms with Crippen LogP contribution in [0, 0.1) is 6.07 Å². The fourth-order valence-electron chi connectivity index (χ4n) is 1.58. The van der Waals surface area contributed by atoms with Crippen LogP contribution in [0.5, 0.6) is 0 Å². The lowest BCUT2D eigenvalue weighted by Crippen LogP contribution is -2.04. The van der Waals surface area contributed by atoms with E-state index in [-0.39, 0.29) is 5.38 Å². The van der Waals surface area contributed by atoms with Gasteiger partial charge in [-0.2, -0.15) is 0 Å². The summed E-state index contributed by atoms with van der Waals surface area (Å²) in [6.45, 7) is 2.02. The number of hydrogen-bond donors (Lipinski definition) is 0. The lowest BCUT2D eigenvalue weighted by molar-refractivity contribution is 0.826. The van der Waals surface area contributed by atoms with Crippen LogP contribution in [-0.2, 0) is 0 Å². The van der Waals surface area contributed by atoms with Gasteiger partial charge in [0.1, 0.15) is 0 Å². The molecule has 1 radical (unpaired) electrons. The molecule has 1 aliphatic rings. The summed E-state index contributed by atoms with van der Waals surface area (Å²) in [6.07, 6.45) is 4.27. The van der Waals surface area contributed by atoms with Gasteiger partial charge in [0.15, 0.2) is 0 Å². The molecule has 0 heterocycles. The Morgan fingerprint density at radius 3 is 3.17 bits per heavy atom. The van der Waals surface area contributed by atoms with E-state index in [9.17, 15) is 0 Å². The number of halogens is 1. The molecule has 0 spiro atoms. The van der Waals surface area contributed by atoms with Crippen molar-refractivity contribution in [3.05, 3.63) is 41.5 Å². The van der Waals surface area contributed by atoms with Gasteiger partial charge in [0.05, 0.1) is 0 Å². The van der Waals surface area contributed by atoms with Gasteiger partial charge in [-0.05, 0) is 24.1 Å². The highest BCUT2D eigenvalue weighted by atomic mass is 35.5. The Labute approximate surface area is 77.9 Å². The summed E-state index contributed by atoms with van der Waals surface area (Å²) >= 11 is 6.04. The maximum absolute atomic E-state index is 6.04. The lowest BCUT2D eigenvalue weighted by Gasteiger charge is -2.11. The van der Waals surface area contributed by atoms with Gasteiger partial charge in [-0.15, -0.1) is 11.6 Å². The average Bonchev–Trinajstić information content (AvgIpc) is 2.47. The molecule has 0 aromatic heterocycles. The van der Waals surface area contributed by atoms with Crippen LogP contribution >= 0.6 is 11.6 Å². The topological polar surface area (TPSA) is 0 Å². The number of alkyl halides is 1. The molecule has 0 saturated carbocycles. The number of fused-ring (bicyclic) bond motifs is 1. The predicted octanol–water partition coefficient (Wildman–Crippen LogP) is 3.22. The van der Waals surface area contributed by atoms with Crippen LogP contribution in [0.25, 0.3) is 6.08 Å². The standard InChI is InChI=1S/C11H10Cl/c1-8(12)10-7-6-9-4-2-3-5-11(9)10/h2-4,6-8,10H,1H3. The van der Waals surface area contributed by atoms with Crippen LogP contribution in [0.1, 0.15) is 24.0 Å². The van der Waals surface area contributed by atoms with Gasteiger partial charge in [0.2, 0.25) is 0 Å². The average molecular weight is 178 g/mol. The van der Waals surface area contributed by atoms with Crippen molar-refractivity contribution in [2.24, 2.45) is 0 Å². The highest BCUT2D eigenvalue weighted by Crippen LogP contribution is 2.33. The Kier molecular flexibility index (Phi) is 1.93. The first-order valence-corrected chi connectivity index (χ1v) is 4.55. The minimum Gasteiger partial charge on any atom is -0.122 e. The fraction of sp³-hybridized carbons (Fsp3) is 0.273. The van der Waals surface area contributed by atoms with Crippen LogP contribution < -0.4 is 0 Å². The van der Waals surface area contributed by atoms with Gasteiger partial charge < -0.3 is 0 Å². The SMILES string of the molecule is CC(Cl)C1C=Cc2ccc[c]c21. The van der Waals surface area contributed by atoms with E-state index in [4.69, 9.17) is 11.6 Å². The van der Waals surface area contributed by atoms with Gasteiger partial charge in [-0.1, -0.05) is 30.4 Å². The summed E-state index contributed by atoms with van der Waals surface area (Å²) in [4.78, 5) is 0. The minimum absolute atomic E-state index is 0.154. The number of allylic oxidation sites excluding steroid dienone is 1. The molecular formula is C11H10Cl. The second-order valence-electron chi connectivity index (χ2n) is 3.10. The second-order valence-corrected chi connectivity index (χ2v) is 3.79. The molecule has 0 nitrogen and oxygen atoms in total. The maximum Gasteiger partial charge on any atom is 0.0411 e. The van der Waals surface area contributed by atoms with Crippen molar-refractivity contribution in [1.82, 2.24) is 0 Å². The van der Waals surface area contributed by atoms with E-state index in [2.05, 4.69) is 24.3 Å². The van der Waals surface area contributed by atoms with Crippen molar-refractivity contribution >= 4 is 17.7 Å². The second kappa shape index (κ2) is 2.95. The predicted molar refractivity (Wildman–Crippen MR) is 52.4 cm³/mol. The van der Waals surface area contributed by atoms with Crippen molar-refractivity contribution < 1.29 is 0 Å². The van der Waals surface area contributed by atoms with Crippen LogP contribution in [0.4, 0.5) is 0 Å². The van der Waals surface area contributed by atoms with Crippen LogP contribution in [-0.4, -0.2) is 5.38 Å². The highest BCUT2D eigenvalue weighted by molar-refractivity contribution is 6.21. The summed E-state index contributed by atoms with van der Waals surface area (Å²) < 4.78 is 0. The fourth-order valence-corrected chi connectivity index (χ4v) is 1.79. The molecule has 1 aromatic rings. The first kappa shape index (κ1) is 7.88. The third-order valence-electron chi connectivity index (χ3n) is 2.23. The Hall–Kier alpha value is -0.750. The number of hydrogen-bond acceptors (Lipinski definition) is 0. The summed E-state index contributed by atoms with van der Waals surface area (Å²) in [5.41, 5.74) is 2.50. The quantitative estimate of drug-likeness (QED) is 0.578. The van der Waals surface area contributed by atoms with Crippen LogP contribution in [0.15, 0.2) is 24.3 Å².